The molecular weight excluding hydrogens is 422 g/mol. The molecule has 6 heteroatoms. The van der Waals surface area contributed by atoms with Crippen LogP contribution < -0.4 is 25.6 Å². The molecule has 0 aliphatic heterocycles. The lowest BCUT2D eigenvalue weighted by Gasteiger charge is -2.29. The van der Waals surface area contributed by atoms with Crippen LogP contribution in [-0.4, -0.2) is 19.8 Å². The summed E-state index contributed by atoms with van der Waals surface area (Å²) in [5, 5.41) is 3.28. The Kier molecular flexibility index (Phi) is 5.61. The summed E-state index contributed by atoms with van der Waals surface area (Å²) in [4.78, 5) is 24.6. The summed E-state index contributed by atoms with van der Waals surface area (Å²) >= 11 is 3.44. The Morgan fingerprint density at radius 3 is 2.29 bits per heavy atom. The summed E-state index contributed by atoms with van der Waals surface area (Å²) in [5.74, 6) is 1.01. The molecule has 0 saturated heterocycles. The minimum atomic E-state index is -0.503. The van der Waals surface area contributed by atoms with Crippen LogP contribution in [0.1, 0.15) is 19.4 Å². The molecular formula is C22H22BrNO4. The third kappa shape index (κ3) is 3.83. The topological polar surface area (TPSA) is 64.6 Å². The molecule has 0 unspecified atom stereocenters. The summed E-state index contributed by atoms with van der Waals surface area (Å²) in [6.07, 6.45) is 0.710. The van der Waals surface area contributed by atoms with Crippen molar-refractivity contribution < 1.29 is 9.47 Å². The van der Waals surface area contributed by atoms with E-state index in [0.717, 1.165) is 5.56 Å². The van der Waals surface area contributed by atoms with Gasteiger partial charge in [0.15, 0.2) is 11.5 Å². The van der Waals surface area contributed by atoms with Crippen LogP contribution in [0.4, 0.5) is 5.69 Å². The number of methoxy groups -OCH3 is 2. The number of halogens is 1. The van der Waals surface area contributed by atoms with Crippen molar-refractivity contribution in [2.45, 2.75) is 25.8 Å². The van der Waals surface area contributed by atoms with Crippen LogP contribution in [0.3, 0.4) is 0 Å². The molecule has 0 aliphatic rings. The van der Waals surface area contributed by atoms with Crippen molar-refractivity contribution >= 4 is 21.6 Å². The van der Waals surface area contributed by atoms with Gasteiger partial charge in [0, 0.05) is 5.54 Å². The monoisotopic (exact) mass is 443 g/mol. The van der Waals surface area contributed by atoms with E-state index in [1.807, 2.05) is 44.2 Å². The standard InChI is InChI=1S/C22H22BrNO4/c1-22(2,12-13-8-6-5-7-9-13)24-18-17(19(25)20(18)26)14-10-15(23)21(28-4)16(11-14)27-3/h5-11,24H,12H2,1-4H3. The van der Waals surface area contributed by atoms with Crippen LogP contribution in [0.2, 0.25) is 0 Å². The Morgan fingerprint density at radius 1 is 1.00 bits per heavy atom. The highest BCUT2D eigenvalue weighted by Crippen LogP contribution is 2.40. The van der Waals surface area contributed by atoms with Gasteiger partial charge >= 0.3 is 0 Å². The molecule has 3 aromatic rings. The summed E-state index contributed by atoms with van der Waals surface area (Å²) in [5.41, 5.74) is 1.05. The second-order valence-electron chi connectivity index (χ2n) is 7.27. The zero-order chi connectivity index (χ0) is 20.5. The Hall–Kier alpha value is -2.60. The molecule has 0 aromatic heterocycles. The molecule has 0 spiro atoms. The summed E-state index contributed by atoms with van der Waals surface area (Å²) in [6.45, 7) is 4.01. The van der Waals surface area contributed by atoms with Crippen molar-refractivity contribution in [3.05, 3.63) is 72.9 Å². The quantitative estimate of drug-likeness (QED) is 0.555. The number of anilines is 1. The van der Waals surface area contributed by atoms with Crippen molar-refractivity contribution in [3.8, 4) is 22.6 Å². The predicted octanol–water partition coefficient (Wildman–Crippen LogP) is 4.16. The molecule has 3 aromatic carbocycles. The minimum Gasteiger partial charge on any atom is -0.493 e. The number of ether oxygens (including phenoxy) is 2. The van der Waals surface area contributed by atoms with Gasteiger partial charge in [0.2, 0.25) is 10.9 Å². The minimum absolute atomic E-state index is 0.338. The van der Waals surface area contributed by atoms with Gasteiger partial charge in [-0.15, -0.1) is 0 Å². The maximum Gasteiger partial charge on any atom is 0.250 e. The first-order valence-corrected chi connectivity index (χ1v) is 9.64. The van der Waals surface area contributed by atoms with Crippen LogP contribution >= 0.6 is 15.9 Å². The van der Waals surface area contributed by atoms with Crippen molar-refractivity contribution in [1.29, 1.82) is 0 Å². The first kappa shape index (κ1) is 20.1. The summed E-state index contributed by atoms with van der Waals surface area (Å²) < 4.78 is 11.3. The van der Waals surface area contributed by atoms with Gasteiger partial charge in [-0.05, 0) is 59.5 Å². The number of hydrogen-bond donors (Lipinski definition) is 1. The average molecular weight is 444 g/mol. The van der Waals surface area contributed by atoms with E-state index in [-0.39, 0.29) is 0 Å². The van der Waals surface area contributed by atoms with Gasteiger partial charge in [-0.3, -0.25) is 9.59 Å². The fourth-order valence-electron chi connectivity index (χ4n) is 3.34. The number of benzene rings is 2. The lowest BCUT2D eigenvalue weighted by atomic mass is 9.91. The lowest BCUT2D eigenvalue weighted by molar-refractivity contribution is 0.353. The zero-order valence-electron chi connectivity index (χ0n) is 16.3. The van der Waals surface area contributed by atoms with Gasteiger partial charge < -0.3 is 14.8 Å². The average Bonchev–Trinajstić information content (AvgIpc) is 2.67. The first-order chi connectivity index (χ1) is 13.3. The molecule has 0 radical (unpaired) electrons. The van der Waals surface area contributed by atoms with Gasteiger partial charge in [-0.2, -0.15) is 0 Å². The number of nitrogens with one attached hydrogen (secondary N) is 1. The highest BCUT2D eigenvalue weighted by Gasteiger charge is 2.29. The molecule has 0 amide bonds. The Labute approximate surface area is 172 Å². The maximum absolute atomic E-state index is 12.3. The van der Waals surface area contributed by atoms with Gasteiger partial charge in [0.05, 0.1) is 29.9 Å². The van der Waals surface area contributed by atoms with E-state index in [4.69, 9.17) is 9.47 Å². The van der Waals surface area contributed by atoms with E-state index in [1.54, 1.807) is 19.2 Å². The number of hydrogen-bond acceptors (Lipinski definition) is 5. The van der Waals surface area contributed by atoms with Gasteiger partial charge in [-0.1, -0.05) is 30.3 Å². The van der Waals surface area contributed by atoms with Gasteiger partial charge in [0.1, 0.15) is 0 Å². The molecule has 5 nitrogen and oxygen atoms in total. The van der Waals surface area contributed by atoms with E-state index >= 15 is 0 Å². The van der Waals surface area contributed by atoms with Crippen LogP contribution in [-0.2, 0) is 6.42 Å². The Balaban J connectivity index is 1.97. The lowest BCUT2D eigenvalue weighted by Crippen LogP contribution is -2.43. The third-order valence-corrected chi connectivity index (χ3v) is 5.17. The Morgan fingerprint density at radius 2 is 1.68 bits per heavy atom. The van der Waals surface area contributed by atoms with Crippen molar-refractivity contribution in [2.75, 3.05) is 19.5 Å². The maximum atomic E-state index is 12.3. The zero-order valence-corrected chi connectivity index (χ0v) is 17.8. The van der Waals surface area contributed by atoms with E-state index in [2.05, 4.69) is 21.2 Å². The van der Waals surface area contributed by atoms with Crippen LogP contribution in [0.25, 0.3) is 11.1 Å². The molecule has 0 atom stereocenters. The highest BCUT2D eigenvalue weighted by atomic mass is 79.9. The summed E-state index contributed by atoms with van der Waals surface area (Å²) in [7, 11) is 3.07. The molecule has 0 heterocycles. The second-order valence-corrected chi connectivity index (χ2v) is 8.13. The second kappa shape index (κ2) is 7.80. The van der Waals surface area contributed by atoms with Crippen molar-refractivity contribution in [3.63, 3.8) is 0 Å². The Bertz CT molecular complexity index is 1070. The van der Waals surface area contributed by atoms with Crippen molar-refractivity contribution in [2.24, 2.45) is 0 Å². The number of rotatable bonds is 7. The largest absolute Gasteiger partial charge is 0.493 e. The fourth-order valence-corrected chi connectivity index (χ4v) is 3.94. The molecule has 146 valence electrons. The molecule has 3 rings (SSSR count). The molecule has 28 heavy (non-hydrogen) atoms. The van der Waals surface area contributed by atoms with E-state index < -0.39 is 16.4 Å². The predicted molar refractivity (Wildman–Crippen MR) is 115 cm³/mol. The van der Waals surface area contributed by atoms with Gasteiger partial charge in [0.25, 0.3) is 0 Å². The normalized spacial score (nSPS) is 11.5. The van der Waals surface area contributed by atoms with Crippen LogP contribution in [0, 0.1) is 0 Å². The first-order valence-electron chi connectivity index (χ1n) is 8.84. The molecule has 0 saturated carbocycles. The SMILES string of the molecule is COc1cc(-c2c(NC(C)(C)Cc3ccccc3)c(=O)c2=O)cc(Br)c1OC. The highest BCUT2D eigenvalue weighted by molar-refractivity contribution is 9.10. The van der Waals surface area contributed by atoms with Crippen molar-refractivity contribution in [1.82, 2.24) is 0 Å². The fraction of sp³-hybridized carbons (Fsp3) is 0.273. The molecule has 1 N–H and O–H groups in total. The van der Waals surface area contributed by atoms with Crippen LogP contribution in [0.5, 0.6) is 11.5 Å². The van der Waals surface area contributed by atoms with Crippen LogP contribution in [0.15, 0.2) is 56.5 Å². The van der Waals surface area contributed by atoms with Gasteiger partial charge in [-0.25, -0.2) is 0 Å². The van der Waals surface area contributed by atoms with E-state index in [1.165, 1.54) is 7.11 Å². The molecule has 0 bridgehead atoms. The van der Waals surface area contributed by atoms with E-state index in [0.29, 0.717) is 39.2 Å². The molecule has 0 aliphatic carbocycles. The summed E-state index contributed by atoms with van der Waals surface area (Å²) in [6, 6.07) is 13.5. The third-order valence-electron chi connectivity index (χ3n) is 4.58. The molecule has 0 fully saturated rings. The van der Waals surface area contributed by atoms with E-state index in [9.17, 15) is 9.59 Å². The smallest absolute Gasteiger partial charge is 0.250 e.